The van der Waals surface area contributed by atoms with E-state index in [-0.39, 0.29) is 17.4 Å². The lowest BCUT2D eigenvalue weighted by atomic mass is 9.96. The molecule has 1 fully saturated rings. The number of piperidine rings is 1. The molecule has 5 rings (SSSR count). The van der Waals surface area contributed by atoms with Gasteiger partial charge in [-0.3, -0.25) is 14.2 Å². The minimum absolute atomic E-state index is 0.00282. The maximum Gasteiger partial charge on any atom is 0.273 e. The molecule has 1 aliphatic rings. The van der Waals surface area contributed by atoms with E-state index in [1.165, 1.54) is 16.9 Å². The molecule has 6 nitrogen and oxygen atoms in total. The van der Waals surface area contributed by atoms with E-state index in [4.69, 9.17) is 4.98 Å². The van der Waals surface area contributed by atoms with Gasteiger partial charge in [0.05, 0.1) is 12.1 Å². The molecule has 0 atom stereocenters. The summed E-state index contributed by atoms with van der Waals surface area (Å²) in [6.45, 7) is 4.48. The molecule has 2 aromatic heterocycles. The lowest BCUT2D eigenvalue weighted by Crippen LogP contribution is -2.42. The second-order valence-corrected chi connectivity index (χ2v) is 9.75. The minimum Gasteiger partial charge on any atom is -0.352 e. The molecule has 0 spiro atoms. The largest absolute Gasteiger partial charge is 0.352 e. The van der Waals surface area contributed by atoms with Crippen molar-refractivity contribution in [2.45, 2.75) is 32.9 Å². The molecule has 1 N–H and O–H groups in total. The van der Waals surface area contributed by atoms with Gasteiger partial charge >= 0.3 is 0 Å². The van der Waals surface area contributed by atoms with Crippen LogP contribution >= 0.6 is 11.3 Å². The molecule has 0 bridgehead atoms. The van der Waals surface area contributed by atoms with Crippen LogP contribution in [0.4, 0.5) is 5.95 Å². The van der Waals surface area contributed by atoms with Crippen molar-refractivity contribution >= 4 is 33.4 Å². The molecular weight excluding hydrogens is 444 g/mol. The van der Waals surface area contributed by atoms with Crippen molar-refractivity contribution in [2.24, 2.45) is 5.92 Å². The van der Waals surface area contributed by atoms with Crippen LogP contribution in [0.3, 0.4) is 0 Å². The number of rotatable bonds is 6. The Balaban J connectivity index is 1.31. The Hall–Kier alpha value is -3.45. The Morgan fingerprint density at radius 3 is 2.56 bits per heavy atom. The number of amides is 1. The molecule has 7 heteroatoms. The summed E-state index contributed by atoms with van der Waals surface area (Å²) in [5, 5.41) is 5.03. The van der Waals surface area contributed by atoms with Gasteiger partial charge in [0, 0.05) is 25.6 Å². The molecule has 3 heterocycles. The SMILES string of the molecule is Cc1ccccc1CNC(=O)C1CCN(c2nc3ccsc3c(=O)n2Cc2ccccc2)CC1. The van der Waals surface area contributed by atoms with Crippen LogP contribution in [0.25, 0.3) is 10.2 Å². The van der Waals surface area contributed by atoms with Crippen LogP contribution in [0, 0.1) is 12.8 Å². The van der Waals surface area contributed by atoms with Gasteiger partial charge in [0.15, 0.2) is 0 Å². The van der Waals surface area contributed by atoms with Gasteiger partial charge in [-0.2, -0.15) is 0 Å². The van der Waals surface area contributed by atoms with E-state index in [1.807, 2.05) is 53.9 Å². The first-order valence-electron chi connectivity index (χ1n) is 11.7. The van der Waals surface area contributed by atoms with Crippen molar-refractivity contribution in [3.8, 4) is 0 Å². The number of carbonyl (C=O) groups is 1. The third kappa shape index (κ3) is 4.61. The van der Waals surface area contributed by atoms with Crippen molar-refractivity contribution in [1.82, 2.24) is 14.9 Å². The Morgan fingerprint density at radius 1 is 1.06 bits per heavy atom. The average molecular weight is 473 g/mol. The van der Waals surface area contributed by atoms with Gasteiger partial charge in [0.25, 0.3) is 5.56 Å². The highest BCUT2D eigenvalue weighted by molar-refractivity contribution is 7.17. The number of hydrogen-bond acceptors (Lipinski definition) is 5. The molecule has 0 unspecified atom stereocenters. The maximum absolute atomic E-state index is 13.3. The van der Waals surface area contributed by atoms with Crippen molar-refractivity contribution in [3.63, 3.8) is 0 Å². The Labute approximate surface area is 202 Å². The smallest absolute Gasteiger partial charge is 0.273 e. The number of thiophene rings is 1. The fourth-order valence-electron chi connectivity index (χ4n) is 4.56. The van der Waals surface area contributed by atoms with Gasteiger partial charge in [0.1, 0.15) is 4.70 Å². The van der Waals surface area contributed by atoms with Gasteiger partial charge in [0.2, 0.25) is 11.9 Å². The van der Waals surface area contributed by atoms with Crippen molar-refractivity contribution < 1.29 is 4.79 Å². The van der Waals surface area contributed by atoms with Gasteiger partial charge in [-0.05, 0) is 47.9 Å². The number of fused-ring (bicyclic) bond motifs is 1. The highest BCUT2D eigenvalue weighted by atomic mass is 32.1. The Kier molecular flexibility index (Phi) is 6.45. The zero-order chi connectivity index (χ0) is 23.5. The van der Waals surface area contributed by atoms with Gasteiger partial charge in [-0.1, -0.05) is 54.6 Å². The van der Waals surface area contributed by atoms with E-state index in [0.717, 1.165) is 29.5 Å². The van der Waals surface area contributed by atoms with Crippen LogP contribution in [0.15, 0.2) is 70.8 Å². The van der Waals surface area contributed by atoms with Gasteiger partial charge < -0.3 is 10.2 Å². The van der Waals surface area contributed by atoms with E-state index >= 15 is 0 Å². The van der Waals surface area contributed by atoms with E-state index in [1.54, 1.807) is 4.57 Å². The number of nitrogens with zero attached hydrogens (tertiary/aromatic N) is 3. The summed E-state index contributed by atoms with van der Waals surface area (Å²) in [5.41, 5.74) is 4.13. The Bertz CT molecular complexity index is 1350. The summed E-state index contributed by atoms with van der Waals surface area (Å²) in [7, 11) is 0. The van der Waals surface area contributed by atoms with Crippen LogP contribution in [0.2, 0.25) is 0 Å². The normalized spacial score (nSPS) is 14.4. The number of benzene rings is 2. The zero-order valence-corrected chi connectivity index (χ0v) is 20.1. The topological polar surface area (TPSA) is 67.2 Å². The lowest BCUT2D eigenvalue weighted by Gasteiger charge is -2.33. The third-order valence-electron chi connectivity index (χ3n) is 6.59. The molecule has 0 radical (unpaired) electrons. The van der Waals surface area contributed by atoms with E-state index in [0.29, 0.717) is 36.8 Å². The zero-order valence-electron chi connectivity index (χ0n) is 19.2. The number of anilines is 1. The predicted molar refractivity (Wildman–Crippen MR) is 137 cm³/mol. The summed E-state index contributed by atoms with van der Waals surface area (Å²) in [4.78, 5) is 33.2. The molecule has 1 amide bonds. The average Bonchev–Trinajstić information content (AvgIpc) is 3.35. The third-order valence-corrected chi connectivity index (χ3v) is 7.48. The van der Waals surface area contributed by atoms with Crippen molar-refractivity contribution in [1.29, 1.82) is 0 Å². The summed E-state index contributed by atoms with van der Waals surface area (Å²) >= 11 is 1.44. The number of hydrogen-bond donors (Lipinski definition) is 1. The van der Waals surface area contributed by atoms with Crippen LogP contribution in [-0.2, 0) is 17.9 Å². The van der Waals surface area contributed by atoms with Crippen LogP contribution in [0.5, 0.6) is 0 Å². The molecule has 0 saturated carbocycles. The molecular formula is C27H28N4O2S. The van der Waals surface area contributed by atoms with Crippen LogP contribution in [-0.4, -0.2) is 28.5 Å². The van der Waals surface area contributed by atoms with Crippen molar-refractivity contribution in [3.05, 3.63) is 93.1 Å². The predicted octanol–water partition coefficient (Wildman–Crippen LogP) is 4.35. The first-order valence-corrected chi connectivity index (χ1v) is 12.6. The molecule has 0 aliphatic carbocycles. The van der Waals surface area contributed by atoms with Crippen LogP contribution < -0.4 is 15.8 Å². The highest BCUT2D eigenvalue weighted by Gasteiger charge is 2.27. The molecule has 34 heavy (non-hydrogen) atoms. The minimum atomic E-state index is -0.0283. The number of aromatic nitrogens is 2. The standard InChI is InChI=1S/C27H28N4O2S/c1-19-7-5-6-10-22(19)17-28-25(32)21-11-14-30(15-12-21)27-29-23-13-16-34-24(23)26(33)31(27)18-20-8-3-2-4-9-20/h2-10,13,16,21H,11-12,14-15,17-18H2,1H3,(H,28,32). The molecule has 4 aromatic rings. The van der Waals surface area contributed by atoms with Gasteiger partial charge in [-0.25, -0.2) is 4.98 Å². The molecule has 1 saturated heterocycles. The summed E-state index contributed by atoms with van der Waals surface area (Å²) in [5.74, 6) is 0.767. The highest BCUT2D eigenvalue weighted by Crippen LogP contribution is 2.25. The molecule has 174 valence electrons. The second-order valence-electron chi connectivity index (χ2n) is 8.83. The monoisotopic (exact) mass is 472 g/mol. The lowest BCUT2D eigenvalue weighted by molar-refractivity contribution is -0.125. The molecule has 1 aliphatic heterocycles. The molecule has 2 aromatic carbocycles. The van der Waals surface area contributed by atoms with Crippen molar-refractivity contribution in [2.75, 3.05) is 18.0 Å². The summed E-state index contributed by atoms with van der Waals surface area (Å²) in [6, 6.07) is 20.0. The van der Waals surface area contributed by atoms with Gasteiger partial charge in [-0.15, -0.1) is 11.3 Å². The first kappa shape index (κ1) is 22.3. The number of aryl methyl sites for hydroxylation is 1. The van der Waals surface area contributed by atoms with E-state index < -0.39 is 0 Å². The maximum atomic E-state index is 13.3. The Morgan fingerprint density at radius 2 is 1.79 bits per heavy atom. The summed E-state index contributed by atoms with van der Waals surface area (Å²) < 4.78 is 2.47. The van der Waals surface area contributed by atoms with E-state index in [2.05, 4.69) is 29.3 Å². The fourth-order valence-corrected chi connectivity index (χ4v) is 5.34. The van der Waals surface area contributed by atoms with Crippen LogP contribution in [0.1, 0.15) is 29.5 Å². The second kappa shape index (κ2) is 9.81. The summed E-state index contributed by atoms with van der Waals surface area (Å²) in [6.07, 6.45) is 1.48. The first-order chi connectivity index (χ1) is 16.6. The quantitative estimate of drug-likeness (QED) is 0.453. The fraction of sp³-hybridized carbons (Fsp3) is 0.296. The number of nitrogens with one attached hydrogen (secondary N) is 1. The van der Waals surface area contributed by atoms with E-state index in [9.17, 15) is 9.59 Å². The number of carbonyl (C=O) groups excluding carboxylic acids is 1.